The highest BCUT2D eigenvalue weighted by Crippen LogP contribution is 2.34. The first-order chi connectivity index (χ1) is 10.3. The summed E-state index contributed by atoms with van der Waals surface area (Å²) in [6, 6.07) is 0.772. The fourth-order valence-electron chi connectivity index (χ4n) is 4.61. The van der Waals surface area contributed by atoms with E-state index in [-0.39, 0.29) is 5.54 Å². The lowest BCUT2D eigenvalue weighted by molar-refractivity contribution is 0.0353. The summed E-state index contributed by atoms with van der Waals surface area (Å²) >= 11 is 0. The summed E-state index contributed by atoms with van der Waals surface area (Å²) in [6.45, 7) is 10.6. The van der Waals surface area contributed by atoms with Crippen LogP contribution in [0.2, 0.25) is 0 Å². The van der Waals surface area contributed by atoms with E-state index in [4.69, 9.17) is 5.73 Å². The van der Waals surface area contributed by atoms with Gasteiger partial charge in [-0.05, 0) is 71.1 Å². The van der Waals surface area contributed by atoms with Gasteiger partial charge in [0.25, 0.3) is 0 Å². The summed E-state index contributed by atoms with van der Waals surface area (Å²) in [6.07, 6.45) is 12.1. The zero-order chi connectivity index (χ0) is 15.1. The second kappa shape index (κ2) is 8.50. The Morgan fingerprint density at radius 3 is 2.57 bits per heavy atom. The van der Waals surface area contributed by atoms with Crippen LogP contribution in [0.4, 0.5) is 0 Å². The molecule has 2 atom stereocenters. The van der Waals surface area contributed by atoms with Crippen LogP contribution in [0.5, 0.6) is 0 Å². The van der Waals surface area contributed by atoms with Crippen LogP contribution in [-0.4, -0.2) is 54.1 Å². The minimum Gasteiger partial charge on any atom is -0.329 e. The quantitative estimate of drug-likeness (QED) is 0.845. The van der Waals surface area contributed by atoms with E-state index < -0.39 is 0 Å². The number of hydrogen-bond acceptors (Lipinski definition) is 3. The molecule has 0 aromatic carbocycles. The maximum Gasteiger partial charge on any atom is 0.0347 e. The number of rotatable bonds is 5. The van der Waals surface area contributed by atoms with Gasteiger partial charge in [-0.25, -0.2) is 0 Å². The molecule has 0 aromatic rings. The Bertz CT molecular complexity index is 294. The average molecular weight is 296 g/mol. The first-order valence-corrected chi connectivity index (χ1v) is 9.45. The van der Waals surface area contributed by atoms with E-state index in [1.165, 1.54) is 84.0 Å². The number of hydrogen-bond donors (Lipinski definition) is 1. The van der Waals surface area contributed by atoms with Crippen molar-refractivity contribution >= 4 is 0 Å². The number of nitrogens with two attached hydrogens (primary N) is 1. The molecule has 0 aliphatic carbocycles. The molecule has 2 rings (SSSR count). The maximum absolute atomic E-state index is 6.37. The molecule has 0 aromatic heterocycles. The van der Waals surface area contributed by atoms with Crippen molar-refractivity contribution in [3.8, 4) is 0 Å². The summed E-state index contributed by atoms with van der Waals surface area (Å²) in [5.74, 6) is 0. The molecule has 3 nitrogen and oxygen atoms in total. The van der Waals surface area contributed by atoms with Crippen molar-refractivity contribution in [1.29, 1.82) is 0 Å². The van der Waals surface area contributed by atoms with Gasteiger partial charge in [-0.2, -0.15) is 0 Å². The first kappa shape index (κ1) is 17.2. The van der Waals surface area contributed by atoms with Gasteiger partial charge in [0.1, 0.15) is 0 Å². The van der Waals surface area contributed by atoms with Gasteiger partial charge in [-0.3, -0.25) is 4.90 Å². The second-order valence-electron chi connectivity index (χ2n) is 7.23. The van der Waals surface area contributed by atoms with Crippen LogP contribution in [0.1, 0.15) is 71.6 Å². The summed E-state index contributed by atoms with van der Waals surface area (Å²) in [4.78, 5) is 5.52. The fraction of sp³-hybridized carbons (Fsp3) is 1.00. The smallest absolute Gasteiger partial charge is 0.0347 e. The molecule has 2 fully saturated rings. The Hall–Kier alpha value is -0.120. The standard InChI is InChI=1S/C18H37N3/c1-3-12-20-13-8-10-18(16-19,11-15-20)21-14-7-5-6-9-17(21)4-2/h17H,3-16,19H2,1-2H3. The van der Waals surface area contributed by atoms with Crippen LogP contribution < -0.4 is 5.73 Å². The number of nitrogens with zero attached hydrogens (tertiary/aromatic N) is 2. The lowest BCUT2D eigenvalue weighted by Crippen LogP contribution is -2.58. The molecule has 0 amide bonds. The van der Waals surface area contributed by atoms with E-state index in [9.17, 15) is 0 Å². The van der Waals surface area contributed by atoms with Gasteiger partial charge in [0.2, 0.25) is 0 Å². The molecule has 2 N–H and O–H groups in total. The minimum absolute atomic E-state index is 0.285. The normalized spacial score (nSPS) is 33.6. The van der Waals surface area contributed by atoms with Gasteiger partial charge >= 0.3 is 0 Å². The van der Waals surface area contributed by atoms with Crippen LogP contribution in [0.25, 0.3) is 0 Å². The molecule has 3 heteroatoms. The third-order valence-corrected chi connectivity index (χ3v) is 5.89. The van der Waals surface area contributed by atoms with Crippen molar-refractivity contribution in [2.45, 2.75) is 83.2 Å². The van der Waals surface area contributed by atoms with Crippen LogP contribution in [0.3, 0.4) is 0 Å². The molecule has 2 heterocycles. The van der Waals surface area contributed by atoms with E-state index in [0.29, 0.717) is 0 Å². The Balaban J connectivity index is 2.10. The van der Waals surface area contributed by atoms with E-state index in [2.05, 4.69) is 23.6 Å². The van der Waals surface area contributed by atoms with Crippen LogP contribution in [0.15, 0.2) is 0 Å². The summed E-state index contributed by atoms with van der Waals surface area (Å²) in [7, 11) is 0. The Morgan fingerprint density at radius 2 is 1.86 bits per heavy atom. The third kappa shape index (κ3) is 4.20. The summed E-state index contributed by atoms with van der Waals surface area (Å²) in [5, 5.41) is 0. The van der Waals surface area contributed by atoms with E-state index in [1.54, 1.807) is 0 Å². The van der Waals surface area contributed by atoms with Crippen molar-refractivity contribution in [3.05, 3.63) is 0 Å². The summed E-state index contributed by atoms with van der Waals surface area (Å²) in [5.41, 5.74) is 6.65. The van der Waals surface area contributed by atoms with Crippen molar-refractivity contribution in [3.63, 3.8) is 0 Å². The van der Waals surface area contributed by atoms with Crippen LogP contribution in [0, 0.1) is 0 Å². The molecule has 124 valence electrons. The average Bonchev–Trinajstić information content (AvgIpc) is 2.86. The molecule has 2 unspecified atom stereocenters. The van der Waals surface area contributed by atoms with Crippen LogP contribution >= 0.6 is 0 Å². The molecule has 2 aliphatic rings. The number of likely N-dealkylation sites (tertiary alicyclic amines) is 2. The second-order valence-corrected chi connectivity index (χ2v) is 7.23. The molecule has 0 radical (unpaired) electrons. The highest BCUT2D eigenvalue weighted by atomic mass is 15.3. The lowest BCUT2D eigenvalue weighted by Gasteiger charge is -2.47. The SMILES string of the molecule is CCCN1CCCC(CN)(N2CCCCCC2CC)CC1. The Kier molecular flexibility index (Phi) is 6.97. The molecule has 21 heavy (non-hydrogen) atoms. The van der Waals surface area contributed by atoms with E-state index >= 15 is 0 Å². The highest BCUT2D eigenvalue weighted by Gasteiger charge is 2.40. The van der Waals surface area contributed by atoms with Gasteiger partial charge in [0, 0.05) is 18.1 Å². The van der Waals surface area contributed by atoms with Gasteiger partial charge in [0.05, 0.1) is 0 Å². The van der Waals surface area contributed by atoms with Gasteiger partial charge in [-0.1, -0.05) is 26.7 Å². The molecule has 0 spiro atoms. The van der Waals surface area contributed by atoms with Crippen molar-refractivity contribution in [2.24, 2.45) is 5.73 Å². The maximum atomic E-state index is 6.37. The first-order valence-electron chi connectivity index (χ1n) is 9.45. The largest absolute Gasteiger partial charge is 0.329 e. The van der Waals surface area contributed by atoms with Crippen LogP contribution in [-0.2, 0) is 0 Å². The van der Waals surface area contributed by atoms with Gasteiger partial charge in [-0.15, -0.1) is 0 Å². The van der Waals surface area contributed by atoms with E-state index in [1.807, 2.05) is 0 Å². The Morgan fingerprint density at radius 1 is 1.00 bits per heavy atom. The van der Waals surface area contributed by atoms with Crippen molar-refractivity contribution in [2.75, 3.05) is 32.7 Å². The zero-order valence-corrected chi connectivity index (χ0v) is 14.4. The monoisotopic (exact) mass is 295 g/mol. The third-order valence-electron chi connectivity index (χ3n) is 5.89. The predicted molar refractivity (Wildman–Crippen MR) is 91.6 cm³/mol. The highest BCUT2D eigenvalue weighted by molar-refractivity contribution is 4.97. The van der Waals surface area contributed by atoms with Crippen molar-refractivity contribution < 1.29 is 0 Å². The topological polar surface area (TPSA) is 32.5 Å². The lowest BCUT2D eigenvalue weighted by atomic mass is 9.86. The zero-order valence-electron chi connectivity index (χ0n) is 14.4. The molecule has 2 saturated heterocycles. The summed E-state index contributed by atoms with van der Waals surface area (Å²) < 4.78 is 0. The minimum atomic E-state index is 0.285. The predicted octanol–water partition coefficient (Wildman–Crippen LogP) is 3.23. The van der Waals surface area contributed by atoms with Crippen molar-refractivity contribution in [1.82, 2.24) is 9.80 Å². The van der Waals surface area contributed by atoms with Gasteiger partial charge < -0.3 is 10.6 Å². The van der Waals surface area contributed by atoms with Gasteiger partial charge in [0.15, 0.2) is 0 Å². The molecule has 0 bridgehead atoms. The molecule has 2 aliphatic heterocycles. The molecule has 0 saturated carbocycles. The fourth-order valence-corrected chi connectivity index (χ4v) is 4.61. The van der Waals surface area contributed by atoms with E-state index in [0.717, 1.165) is 12.6 Å². The molecular weight excluding hydrogens is 258 g/mol. The molecular formula is C18H37N3. The Labute approximate surface area is 132 Å².